The Bertz CT molecular complexity index is 2420. The average molecular weight is 1540 g/mol. The van der Waals surface area contributed by atoms with E-state index in [0.29, 0.717) is 38.6 Å². The Morgan fingerprint density at radius 2 is 0.632 bits per heavy atom. The van der Waals surface area contributed by atoms with Gasteiger partial charge in [0.2, 0.25) is 47.3 Å². The summed E-state index contributed by atoms with van der Waals surface area (Å²) in [6.45, 7) is 5.46. The third-order valence-corrected chi connectivity index (χ3v) is 16.3. The quantitative estimate of drug-likeness (QED) is 0.0252. The van der Waals surface area contributed by atoms with E-state index in [0.717, 1.165) is 19.3 Å². The molecule has 8 amide bonds. The van der Waals surface area contributed by atoms with E-state index in [1.54, 1.807) is 0 Å². The van der Waals surface area contributed by atoms with Gasteiger partial charge in [0.15, 0.2) is 18.9 Å². The molecule has 3 rings (SSSR count). The van der Waals surface area contributed by atoms with Crippen LogP contribution >= 0.6 is 0 Å². The highest BCUT2D eigenvalue weighted by Gasteiger charge is 2.48. The lowest BCUT2D eigenvalue weighted by atomic mass is 9.97. The second-order valence-corrected chi connectivity index (χ2v) is 25.0. The van der Waals surface area contributed by atoms with Crippen molar-refractivity contribution in [3.63, 3.8) is 0 Å². The summed E-state index contributed by atoms with van der Waals surface area (Å²) in [5.74, 6) is -3.96. The van der Waals surface area contributed by atoms with E-state index >= 15 is 0 Å². The van der Waals surface area contributed by atoms with E-state index in [4.69, 9.17) is 71.1 Å². The number of ether oxygens (including phenoxy) is 15. The predicted octanol–water partition coefficient (Wildman–Crippen LogP) is -7.74. The van der Waals surface area contributed by atoms with Crippen LogP contribution in [0.1, 0.15) is 91.9 Å². The van der Waals surface area contributed by atoms with Gasteiger partial charge in [-0.3, -0.25) is 38.4 Å². The van der Waals surface area contributed by atoms with Crippen LogP contribution in [-0.2, 0) is 109 Å². The summed E-state index contributed by atoms with van der Waals surface area (Å²) >= 11 is 0. The fourth-order valence-electron chi connectivity index (χ4n) is 10.8. The van der Waals surface area contributed by atoms with Gasteiger partial charge >= 0.3 is 0 Å². The predicted molar refractivity (Wildman–Crippen MR) is 366 cm³/mol. The van der Waals surface area contributed by atoms with E-state index < -0.39 is 172 Å². The van der Waals surface area contributed by atoms with Crippen LogP contribution in [0.2, 0.25) is 0 Å². The molecule has 3 heterocycles. The summed E-state index contributed by atoms with van der Waals surface area (Å²) in [7, 11) is 0. The highest BCUT2D eigenvalue weighted by molar-refractivity contribution is 5.92. The highest BCUT2D eigenvalue weighted by Crippen LogP contribution is 2.25. The smallest absolute Gasteiger partial charge is 0.246 e. The third-order valence-electron chi connectivity index (χ3n) is 16.3. The van der Waals surface area contributed by atoms with Crippen LogP contribution in [0.3, 0.4) is 0 Å². The summed E-state index contributed by atoms with van der Waals surface area (Å²) in [5.41, 5.74) is 0. The molecule has 0 radical (unpaired) electrons. The minimum Gasteiger partial charge on any atom is -0.394 e. The number of rotatable bonds is 61. The van der Waals surface area contributed by atoms with Gasteiger partial charge in [0.1, 0.15) is 105 Å². The summed E-state index contributed by atoms with van der Waals surface area (Å²) in [4.78, 5) is 101. The Labute approximate surface area is 617 Å². The van der Waals surface area contributed by atoms with Gasteiger partial charge in [0, 0.05) is 40.4 Å². The number of aliphatic hydroxyl groups excluding tert-OH is 9. The van der Waals surface area contributed by atoms with Crippen LogP contribution in [0, 0.1) is 0 Å². The standard InChI is InChI=1S/C66H120N8O32/c1-5-6-7-10-17-69-62(90)45(13-8-11-15-67-50(81)39-98-27-24-92-18-21-95-30-33-101-64-53(70-42(2)78)59(87)56(84)47(36-75)104-64)74-63(91)46(73-52(83)41-100-29-26-94-20-23-97-32-35-103-66-55(72-44(4)80)61(89)58(86)49(38-77)106-66)14-9-12-16-68-51(82)40-99-28-25-93-19-22-96-31-34-102-65-54(71-43(3)79)60(88)57(85)48(37-76)105-65/h45-49,53-61,64-66,75-77,84-89H,5-41H2,1-4H3,(H,67,81)(H,68,82)(H,69,90)(H,70,78)(H,71,79)(H,72,80)(H,73,83)(H,74,91)/t45?,46-,47+,48+,49+,53+,54+,55+,56-,57-,58-,59+,60+,61+,64+,65+,66+/m0/s1. The van der Waals surface area contributed by atoms with Crippen molar-refractivity contribution in [2.24, 2.45) is 0 Å². The molecule has 17 N–H and O–H groups in total. The Balaban J connectivity index is 1.43. The first-order valence-corrected chi connectivity index (χ1v) is 36.2. The minimum atomic E-state index is -1.46. The number of hydrogen-bond acceptors (Lipinski definition) is 32. The lowest BCUT2D eigenvalue weighted by Gasteiger charge is -2.42. The molecule has 0 saturated carbocycles. The van der Waals surface area contributed by atoms with Gasteiger partial charge in [-0.2, -0.15) is 0 Å². The van der Waals surface area contributed by atoms with Gasteiger partial charge in [-0.05, 0) is 44.9 Å². The van der Waals surface area contributed by atoms with E-state index in [1.165, 1.54) is 20.8 Å². The first-order valence-electron chi connectivity index (χ1n) is 36.2. The normalized spacial score (nSPS) is 25.0. The summed E-state index contributed by atoms with van der Waals surface area (Å²) in [6.07, 6.45) is -10.2. The second-order valence-electron chi connectivity index (χ2n) is 25.0. The topological polar surface area (TPSA) is 553 Å². The molecular weight excluding hydrogens is 1420 g/mol. The van der Waals surface area contributed by atoms with Crippen LogP contribution in [0.4, 0.5) is 0 Å². The molecule has 40 heteroatoms. The second kappa shape index (κ2) is 57.8. The Kier molecular flexibility index (Phi) is 51.8. The van der Waals surface area contributed by atoms with E-state index in [-0.39, 0.29) is 164 Å². The van der Waals surface area contributed by atoms with Crippen molar-refractivity contribution in [2.45, 2.75) is 196 Å². The van der Waals surface area contributed by atoms with Crippen molar-refractivity contribution >= 4 is 47.3 Å². The number of carbonyl (C=O) groups is 8. The number of amides is 8. The first kappa shape index (κ1) is 95.0. The number of hydrogen-bond donors (Lipinski definition) is 17. The van der Waals surface area contributed by atoms with Crippen molar-refractivity contribution in [3.05, 3.63) is 0 Å². The van der Waals surface area contributed by atoms with Crippen molar-refractivity contribution in [3.8, 4) is 0 Å². The van der Waals surface area contributed by atoms with E-state index in [2.05, 4.69) is 49.5 Å². The summed E-state index contributed by atoms with van der Waals surface area (Å²) in [6, 6.07) is -5.42. The number of aliphatic hydroxyl groups is 9. The van der Waals surface area contributed by atoms with Gasteiger partial charge < -0.3 is 160 Å². The molecule has 3 fully saturated rings. The third kappa shape index (κ3) is 40.0. The molecule has 106 heavy (non-hydrogen) atoms. The summed E-state index contributed by atoms with van der Waals surface area (Å²) < 4.78 is 82.9. The molecule has 17 atom stereocenters. The van der Waals surface area contributed by atoms with Crippen LogP contribution in [0.5, 0.6) is 0 Å². The molecule has 0 aromatic heterocycles. The lowest BCUT2D eigenvalue weighted by molar-refractivity contribution is -0.272. The molecule has 40 nitrogen and oxygen atoms in total. The molecule has 0 aliphatic carbocycles. The van der Waals surface area contributed by atoms with Gasteiger partial charge in [0.05, 0.1) is 139 Å². The molecule has 0 spiro atoms. The zero-order chi connectivity index (χ0) is 77.9. The molecular formula is C66H120N8O32. The average Bonchev–Trinajstić information content (AvgIpc) is 0.822. The molecule has 3 aliphatic rings. The van der Waals surface area contributed by atoms with E-state index in [9.17, 15) is 84.3 Å². The first-order chi connectivity index (χ1) is 51.1. The fourth-order valence-corrected chi connectivity index (χ4v) is 10.8. The summed E-state index contributed by atoms with van der Waals surface area (Å²) in [5, 5.41) is 112. The largest absolute Gasteiger partial charge is 0.394 e. The van der Waals surface area contributed by atoms with Gasteiger partial charge in [0.25, 0.3) is 0 Å². The van der Waals surface area contributed by atoms with Crippen molar-refractivity contribution in [1.29, 1.82) is 0 Å². The monoisotopic (exact) mass is 1540 g/mol. The van der Waals surface area contributed by atoms with Gasteiger partial charge in [-0.15, -0.1) is 0 Å². The van der Waals surface area contributed by atoms with Crippen LogP contribution in [-0.4, -0.2) is 375 Å². The van der Waals surface area contributed by atoms with Crippen LogP contribution in [0.25, 0.3) is 0 Å². The van der Waals surface area contributed by atoms with Crippen molar-refractivity contribution in [2.75, 3.05) is 178 Å². The van der Waals surface area contributed by atoms with E-state index in [1.807, 2.05) is 0 Å². The van der Waals surface area contributed by atoms with Crippen molar-refractivity contribution in [1.82, 2.24) is 42.5 Å². The molecule has 616 valence electrons. The van der Waals surface area contributed by atoms with Crippen LogP contribution in [0.15, 0.2) is 0 Å². The molecule has 3 saturated heterocycles. The minimum absolute atomic E-state index is 0.00719. The lowest BCUT2D eigenvalue weighted by Crippen LogP contribution is -2.64. The van der Waals surface area contributed by atoms with Crippen LogP contribution < -0.4 is 42.5 Å². The Morgan fingerprint density at radius 1 is 0.340 bits per heavy atom. The molecule has 3 aliphatic heterocycles. The Hall–Kier alpha value is -5.20. The molecule has 0 bridgehead atoms. The maximum absolute atomic E-state index is 14.1. The molecule has 0 aromatic rings. The number of unbranched alkanes of at least 4 members (excludes halogenated alkanes) is 5. The highest BCUT2D eigenvalue weighted by atomic mass is 16.7. The van der Waals surface area contributed by atoms with Gasteiger partial charge in [-0.1, -0.05) is 26.2 Å². The van der Waals surface area contributed by atoms with Gasteiger partial charge in [-0.25, -0.2) is 0 Å². The molecule has 1 unspecified atom stereocenters. The zero-order valence-electron chi connectivity index (χ0n) is 61.4. The maximum Gasteiger partial charge on any atom is 0.246 e. The Morgan fingerprint density at radius 3 is 0.953 bits per heavy atom. The fraction of sp³-hybridized carbons (Fsp3) is 0.879. The number of nitrogens with one attached hydrogen (secondary N) is 8. The SMILES string of the molecule is CCCCCCNC(=O)C(CCCCNC(=O)COCCOCCOCCO[C@@H]1O[C@H](CO)[C@H](O)[C@H](O)[C@H]1NC(C)=O)NC(=O)[C@H](CCCCNC(=O)COCCOCCOCCO[C@@H]1O[C@H](CO)[C@H](O)[C@H](O)[C@H]1NC(C)=O)NC(=O)COCCOCCOCCO[C@@H]1O[C@H](CO)[C@H](O)[C@H](O)[C@H]1NC(C)=O. The number of carbonyl (C=O) groups excluding carboxylic acids is 8. The van der Waals surface area contributed by atoms with Crippen molar-refractivity contribution < 1.29 is 155 Å². The molecule has 0 aromatic carbocycles. The zero-order valence-corrected chi connectivity index (χ0v) is 61.4. The maximum atomic E-state index is 14.1.